The fraction of sp³-hybridized carbons (Fsp3) is 0.727. The summed E-state index contributed by atoms with van der Waals surface area (Å²) in [6.45, 7) is 2.02. The van der Waals surface area contributed by atoms with Crippen LogP contribution in [0.1, 0.15) is 26.2 Å². The molecule has 0 radical (unpaired) electrons. The lowest BCUT2D eigenvalue weighted by atomic mass is 10.1. The number of nitrogens with zero attached hydrogens (tertiary/aromatic N) is 1. The molecule has 0 saturated carbocycles. The van der Waals surface area contributed by atoms with Gasteiger partial charge in [0.05, 0.1) is 12.5 Å². The van der Waals surface area contributed by atoms with Crippen LogP contribution in [0.15, 0.2) is 0 Å². The predicted molar refractivity (Wildman–Crippen MR) is 56.0 cm³/mol. The molecule has 1 amide bonds. The van der Waals surface area contributed by atoms with Gasteiger partial charge in [-0.1, -0.05) is 6.92 Å². The van der Waals surface area contributed by atoms with Crippen molar-refractivity contribution in [3.8, 4) is 0 Å². The normalized spacial score (nSPS) is 28.1. The molecule has 2 fully saturated rings. The predicted octanol–water partition coefficient (Wildman–Crippen LogP) is 0.0136. The zero-order valence-electron chi connectivity index (χ0n) is 9.59. The average molecular weight is 241 g/mol. The minimum Gasteiger partial charge on any atom is -0.481 e. The molecule has 0 unspecified atom stereocenters. The van der Waals surface area contributed by atoms with Gasteiger partial charge in [0.25, 0.3) is 0 Å². The van der Waals surface area contributed by atoms with Crippen LogP contribution < -0.4 is 0 Å². The number of esters is 1. The minimum absolute atomic E-state index is 0.151. The van der Waals surface area contributed by atoms with E-state index in [2.05, 4.69) is 0 Å². The zero-order chi connectivity index (χ0) is 12.6. The van der Waals surface area contributed by atoms with E-state index in [-0.39, 0.29) is 24.4 Å². The summed E-state index contributed by atoms with van der Waals surface area (Å²) in [6.07, 6.45) is 0.897. The summed E-state index contributed by atoms with van der Waals surface area (Å²) < 4.78 is 4.98. The summed E-state index contributed by atoms with van der Waals surface area (Å²) in [4.78, 5) is 35.3. The highest BCUT2D eigenvalue weighted by Gasteiger charge is 2.48. The lowest BCUT2D eigenvalue weighted by Crippen LogP contribution is -2.44. The third-order valence-corrected chi connectivity index (χ3v) is 3.35. The number of carbonyl (C=O) groups excluding carboxylic acids is 2. The average Bonchev–Trinajstić information content (AvgIpc) is 2.83. The van der Waals surface area contributed by atoms with Crippen molar-refractivity contribution < 1.29 is 24.2 Å². The molecule has 0 aliphatic carbocycles. The van der Waals surface area contributed by atoms with Gasteiger partial charge in [-0.15, -0.1) is 0 Å². The first-order valence-electron chi connectivity index (χ1n) is 5.72. The topological polar surface area (TPSA) is 83.9 Å². The molecule has 0 aromatic heterocycles. The molecule has 17 heavy (non-hydrogen) atoms. The number of rotatable bonds is 4. The number of amides is 1. The van der Waals surface area contributed by atoms with Crippen molar-refractivity contribution in [2.75, 3.05) is 6.54 Å². The maximum Gasteiger partial charge on any atom is 0.329 e. The molecule has 0 spiro atoms. The Morgan fingerprint density at radius 2 is 2.29 bits per heavy atom. The third kappa shape index (κ3) is 2.25. The van der Waals surface area contributed by atoms with Crippen molar-refractivity contribution in [3.05, 3.63) is 0 Å². The van der Waals surface area contributed by atoms with E-state index in [1.54, 1.807) is 6.92 Å². The summed E-state index contributed by atoms with van der Waals surface area (Å²) in [5, 5.41) is 8.71. The van der Waals surface area contributed by atoms with Gasteiger partial charge in [0.15, 0.2) is 0 Å². The summed E-state index contributed by atoms with van der Waals surface area (Å²) in [6, 6.07) is -0.437. The van der Waals surface area contributed by atoms with Crippen molar-refractivity contribution in [3.63, 3.8) is 0 Å². The molecule has 2 aliphatic heterocycles. The van der Waals surface area contributed by atoms with E-state index in [1.165, 1.54) is 4.90 Å². The Balaban J connectivity index is 1.85. The number of carbonyl (C=O) groups is 3. The highest BCUT2D eigenvalue weighted by molar-refractivity contribution is 5.87. The van der Waals surface area contributed by atoms with E-state index >= 15 is 0 Å². The van der Waals surface area contributed by atoms with Crippen LogP contribution >= 0.6 is 0 Å². The maximum absolute atomic E-state index is 11.8. The van der Waals surface area contributed by atoms with Crippen LogP contribution in [0.3, 0.4) is 0 Å². The Bertz CT molecular complexity index is 367. The molecule has 6 nitrogen and oxygen atoms in total. The zero-order valence-corrected chi connectivity index (χ0v) is 9.59. The molecule has 0 aromatic rings. The highest BCUT2D eigenvalue weighted by Crippen LogP contribution is 2.29. The van der Waals surface area contributed by atoms with Crippen LogP contribution in [0, 0.1) is 5.92 Å². The van der Waals surface area contributed by atoms with Crippen molar-refractivity contribution in [1.29, 1.82) is 0 Å². The Kier molecular flexibility index (Phi) is 3.04. The van der Waals surface area contributed by atoms with Crippen LogP contribution in [-0.2, 0) is 19.1 Å². The molecule has 3 atom stereocenters. The molecule has 2 aliphatic rings. The number of carboxylic acid groups (broad SMARTS) is 1. The summed E-state index contributed by atoms with van der Waals surface area (Å²) in [7, 11) is 0. The number of fused-ring (bicyclic) bond motifs is 2. The van der Waals surface area contributed by atoms with Crippen LogP contribution in [0.25, 0.3) is 0 Å². The van der Waals surface area contributed by atoms with Crippen molar-refractivity contribution in [1.82, 2.24) is 4.90 Å². The molecule has 1 N–H and O–H groups in total. The third-order valence-electron chi connectivity index (χ3n) is 3.35. The molecule has 2 bridgehead atoms. The standard InChI is InChI=1S/C11H15NO5/c1-6(10(14)15)2-3-9(13)12-5-7-4-8(12)11(16)17-7/h6-8H,2-5H2,1H3,(H,14,15)/t6-,7-,8-/m0/s1. The summed E-state index contributed by atoms with van der Waals surface area (Å²) >= 11 is 0. The summed E-state index contributed by atoms with van der Waals surface area (Å²) in [5.74, 6) is -1.92. The molecular formula is C11H15NO5. The number of hydrogen-bond acceptors (Lipinski definition) is 4. The molecule has 94 valence electrons. The second kappa shape index (κ2) is 4.35. The van der Waals surface area contributed by atoms with E-state index < -0.39 is 17.9 Å². The number of morpholine rings is 1. The number of ether oxygens (including phenoxy) is 1. The van der Waals surface area contributed by atoms with Gasteiger partial charge in [-0.05, 0) is 6.42 Å². The van der Waals surface area contributed by atoms with Gasteiger partial charge >= 0.3 is 11.9 Å². The van der Waals surface area contributed by atoms with E-state index in [0.29, 0.717) is 19.4 Å². The Labute approximate surface area is 98.5 Å². The second-order valence-electron chi connectivity index (χ2n) is 4.63. The van der Waals surface area contributed by atoms with Crippen LogP contribution in [0.5, 0.6) is 0 Å². The minimum atomic E-state index is -0.903. The quantitative estimate of drug-likeness (QED) is 0.701. The Morgan fingerprint density at radius 1 is 1.59 bits per heavy atom. The highest BCUT2D eigenvalue weighted by atomic mass is 16.6. The van der Waals surface area contributed by atoms with Crippen LogP contribution in [0.4, 0.5) is 0 Å². The number of carboxylic acids is 1. The van der Waals surface area contributed by atoms with Crippen molar-refractivity contribution in [2.45, 2.75) is 38.3 Å². The smallest absolute Gasteiger partial charge is 0.329 e. The van der Waals surface area contributed by atoms with Gasteiger partial charge in [-0.2, -0.15) is 0 Å². The molecule has 0 aromatic carbocycles. The second-order valence-corrected chi connectivity index (χ2v) is 4.63. The lowest BCUT2D eigenvalue weighted by Gasteiger charge is -2.25. The first-order valence-corrected chi connectivity index (χ1v) is 5.72. The first kappa shape index (κ1) is 11.9. The van der Waals surface area contributed by atoms with Gasteiger partial charge in [-0.3, -0.25) is 9.59 Å². The maximum atomic E-state index is 11.8. The lowest BCUT2D eigenvalue weighted by molar-refractivity contribution is -0.157. The van der Waals surface area contributed by atoms with Crippen molar-refractivity contribution >= 4 is 17.8 Å². The molecular weight excluding hydrogens is 226 g/mol. The van der Waals surface area contributed by atoms with Crippen LogP contribution in [0.2, 0.25) is 0 Å². The van der Waals surface area contributed by atoms with Crippen molar-refractivity contribution in [2.24, 2.45) is 5.92 Å². The largest absolute Gasteiger partial charge is 0.481 e. The van der Waals surface area contributed by atoms with Gasteiger partial charge < -0.3 is 14.7 Å². The van der Waals surface area contributed by atoms with Gasteiger partial charge in [0, 0.05) is 12.8 Å². The van der Waals surface area contributed by atoms with E-state index in [4.69, 9.17) is 9.84 Å². The van der Waals surface area contributed by atoms with Gasteiger partial charge in [0.2, 0.25) is 5.91 Å². The molecule has 6 heteroatoms. The monoisotopic (exact) mass is 241 g/mol. The van der Waals surface area contributed by atoms with E-state index in [9.17, 15) is 14.4 Å². The molecule has 2 heterocycles. The van der Waals surface area contributed by atoms with Gasteiger partial charge in [-0.25, -0.2) is 4.79 Å². The van der Waals surface area contributed by atoms with E-state index in [1.807, 2.05) is 0 Å². The van der Waals surface area contributed by atoms with E-state index in [0.717, 1.165) is 0 Å². The van der Waals surface area contributed by atoms with Crippen LogP contribution in [-0.4, -0.2) is 46.5 Å². The SMILES string of the molecule is C[C@@H](CCC(=O)N1C[C@@H]2C[C@H]1C(=O)O2)C(=O)O. The number of likely N-dealkylation sites (tertiary alicyclic amines) is 1. The number of hydrogen-bond donors (Lipinski definition) is 1. The molecule has 2 saturated heterocycles. The summed E-state index contributed by atoms with van der Waals surface area (Å²) in [5.41, 5.74) is 0. The fourth-order valence-corrected chi connectivity index (χ4v) is 2.23. The molecule has 2 rings (SSSR count). The Morgan fingerprint density at radius 3 is 2.82 bits per heavy atom. The Hall–Kier alpha value is -1.59. The fourth-order valence-electron chi connectivity index (χ4n) is 2.23. The first-order chi connectivity index (χ1) is 7.99. The van der Waals surface area contributed by atoms with Gasteiger partial charge in [0.1, 0.15) is 12.1 Å². The number of aliphatic carboxylic acids is 1.